The number of carbonyl (C=O) groups excluding carboxylic acids is 1. The van der Waals surface area contributed by atoms with Crippen molar-refractivity contribution in [1.82, 2.24) is 15.7 Å². The molecule has 0 saturated carbocycles. The van der Waals surface area contributed by atoms with Crippen molar-refractivity contribution in [3.05, 3.63) is 23.8 Å². The molecule has 15 heavy (non-hydrogen) atoms. The lowest BCUT2D eigenvalue weighted by Crippen LogP contribution is -2.24. The summed E-state index contributed by atoms with van der Waals surface area (Å²) in [5, 5.41) is 10.9. The van der Waals surface area contributed by atoms with Gasteiger partial charge >= 0.3 is 6.03 Å². The van der Waals surface area contributed by atoms with Crippen LogP contribution in [0.25, 0.3) is 11.0 Å². The number of primary amides is 1. The van der Waals surface area contributed by atoms with Crippen LogP contribution in [0.3, 0.4) is 0 Å². The second-order valence-corrected chi connectivity index (χ2v) is 2.75. The van der Waals surface area contributed by atoms with Crippen molar-refractivity contribution in [1.29, 1.82) is 0 Å². The second-order valence-electron chi connectivity index (χ2n) is 2.75. The number of carbonyl (C=O) groups is 1. The molecule has 1 heterocycles. The second kappa shape index (κ2) is 3.74. The molecule has 7 nitrogen and oxygen atoms in total. The molecule has 2 aromatic rings. The predicted molar refractivity (Wildman–Crippen MR) is 52.1 cm³/mol. The SMILES string of the molecule is NC(=O)N/N=C/c1ccc2nonc2c1. The Morgan fingerprint density at radius 3 is 3.07 bits per heavy atom. The van der Waals surface area contributed by atoms with Crippen LogP contribution in [0.4, 0.5) is 4.79 Å². The Hall–Kier alpha value is -2.44. The van der Waals surface area contributed by atoms with Gasteiger partial charge in [0.25, 0.3) is 0 Å². The number of urea groups is 1. The third-order valence-corrected chi connectivity index (χ3v) is 1.67. The van der Waals surface area contributed by atoms with E-state index in [9.17, 15) is 4.79 Å². The molecule has 0 aliphatic heterocycles. The van der Waals surface area contributed by atoms with Crippen LogP contribution in [-0.2, 0) is 0 Å². The highest BCUT2D eigenvalue weighted by Gasteiger charge is 1.99. The summed E-state index contributed by atoms with van der Waals surface area (Å²) in [7, 11) is 0. The quantitative estimate of drug-likeness (QED) is 0.540. The molecule has 7 heteroatoms. The van der Waals surface area contributed by atoms with E-state index in [0.717, 1.165) is 5.56 Å². The van der Waals surface area contributed by atoms with E-state index in [0.29, 0.717) is 11.0 Å². The minimum absolute atomic E-state index is 0.623. The van der Waals surface area contributed by atoms with E-state index in [1.165, 1.54) is 6.21 Å². The van der Waals surface area contributed by atoms with Crippen molar-refractivity contribution in [2.75, 3.05) is 0 Å². The number of nitrogens with zero attached hydrogens (tertiary/aromatic N) is 3. The van der Waals surface area contributed by atoms with Crippen LogP contribution in [0.5, 0.6) is 0 Å². The monoisotopic (exact) mass is 205 g/mol. The van der Waals surface area contributed by atoms with Gasteiger partial charge < -0.3 is 5.73 Å². The van der Waals surface area contributed by atoms with Gasteiger partial charge in [-0.3, -0.25) is 0 Å². The summed E-state index contributed by atoms with van der Waals surface area (Å²) in [6, 6.07) is 4.50. The molecule has 0 fully saturated rings. The Morgan fingerprint density at radius 2 is 2.27 bits per heavy atom. The first kappa shape index (κ1) is 9.13. The Labute approximate surface area is 83.9 Å². The van der Waals surface area contributed by atoms with Gasteiger partial charge in [-0.2, -0.15) is 5.10 Å². The summed E-state index contributed by atoms with van der Waals surface area (Å²) in [4.78, 5) is 10.3. The average molecular weight is 205 g/mol. The zero-order valence-electron chi connectivity index (χ0n) is 7.54. The van der Waals surface area contributed by atoms with Crippen molar-refractivity contribution in [2.45, 2.75) is 0 Å². The summed E-state index contributed by atoms with van der Waals surface area (Å²) < 4.78 is 4.53. The van der Waals surface area contributed by atoms with Crippen LogP contribution < -0.4 is 11.2 Å². The molecule has 0 spiro atoms. The number of amides is 2. The van der Waals surface area contributed by atoms with E-state index in [4.69, 9.17) is 5.73 Å². The molecular formula is C8H7N5O2. The topological polar surface area (TPSA) is 106 Å². The summed E-state index contributed by atoms with van der Waals surface area (Å²) in [6.07, 6.45) is 1.44. The van der Waals surface area contributed by atoms with Crippen molar-refractivity contribution in [3.63, 3.8) is 0 Å². The highest BCUT2D eigenvalue weighted by Crippen LogP contribution is 2.09. The molecule has 0 aliphatic carbocycles. The van der Waals surface area contributed by atoms with Crippen LogP contribution in [0, 0.1) is 0 Å². The number of hydrazone groups is 1. The molecule has 76 valence electrons. The molecule has 0 atom stereocenters. The molecule has 3 N–H and O–H groups in total. The lowest BCUT2D eigenvalue weighted by atomic mass is 10.2. The van der Waals surface area contributed by atoms with E-state index < -0.39 is 6.03 Å². The number of rotatable bonds is 2. The predicted octanol–water partition coefficient (Wildman–Crippen LogP) is 0.225. The molecule has 1 aromatic heterocycles. The first-order valence-electron chi connectivity index (χ1n) is 4.06. The van der Waals surface area contributed by atoms with Crippen molar-refractivity contribution >= 4 is 23.3 Å². The zero-order valence-corrected chi connectivity index (χ0v) is 7.54. The van der Waals surface area contributed by atoms with Gasteiger partial charge in [0.2, 0.25) is 0 Å². The molecular weight excluding hydrogens is 198 g/mol. The maximum atomic E-state index is 10.3. The van der Waals surface area contributed by atoms with Gasteiger partial charge in [0, 0.05) is 0 Å². The number of benzene rings is 1. The smallest absolute Gasteiger partial charge is 0.332 e. The van der Waals surface area contributed by atoms with E-state index >= 15 is 0 Å². The third-order valence-electron chi connectivity index (χ3n) is 1.67. The van der Waals surface area contributed by atoms with Gasteiger partial charge in [0.15, 0.2) is 0 Å². The van der Waals surface area contributed by atoms with E-state index in [-0.39, 0.29) is 0 Å². The van der Waals surface area contributed by atoms with E-state index in [1.54, 1.807) is 18.2 Å². The molecule has 0 unspecified atom stereocenters. The normalized spacial score (nSPS) is 10.9. The number of aromatic nitrogens is 2. The lowest BCUT2D eigenvalue weighted by molar-refractivity contribution is 0.249. The number of fused-ring (bicyclic) bond motifs is 1. The molecule has 2 amide bonds. The lowest BCUT2D eigenvalue weighted by Gasteiger charge is -1.92. The van der Waals surface area contributed by atoms with Crippen molar-refractivity contribution < 1.29 is 9.42 Å². The van der Waals surface area contributed by atoms with Gasteiger partial charge in [0.1, 0.15) is 11.0 Å². The van der Waals surface area contributed by atoms with Gasteiger partial charge in [-0.25, -0.2) is 14.8 Å². The Bertz CT molecular complexity index is 518. The van der Waals surface area contributed by atoms with Gasteiger partial charge in [-0.1, -0.05) is 6.07 Å². The first-order chi connectivity index (χ1) is 7.25. The molecule has 1 aromatic carbocycles. The highest BCUT2D eigenvalue weighted by atomic mass is 16.6. The Morgan fingerprint density at radius 1 is 1.47 bits per heavy atom. The van der Waals surface area contributed by atoms with Crippen molar-refractivity contribution in [2.24, 2.45) is 10.8 Å². The fourth-order valence-electron chi connectivity index (χ4n) is 1.05. The number of hydrogen-bond acceptors (Lipinski definition) is 5. The van der Waals surface area contributed by atoms with Crippen LogP contribution in [-0.4, -0.2) is 22.6 Å². The standard InChI is InChI=1S/C8H7N5O2/c9-8(14)11-10-4-5-1-2-6-7(3-5)13-15-12-6/h1-4H,(H3,9,11,14)/b10-4+. The molecule has 0 aliphatic rings. The number of nitrogens with one attached hydrogen (secondary N) is 1. The average Bonchev–Trinajstić information content (AvgIpc) is 2.64. The van der Waals surface area contributed by atoms with Crippen LogP contribution in [0.15, 0.2) is 27.9 Å². The van der Waals surface area contributed by atoms with Crippen molar-refractivity contribution in [3.8, 4) is 0 Å². The summed E-state index contributed by atoms with van der Waals surface area (Å²) in [5.41, 5.74) is 8.96. The van der Waals surface area contributed by atoms with Crippen LogP contribution in [0.2, 0.25) is 0 Å². The third kappa shape index (κ3) is 2.08. The maximum Gasteiger partial charge on any atom is 0.332 e. The van der Waals surface area contributed by atoms with Gasteiger partial charge in [-0.05, 0) is 28.0 Å². The number of hydrogen-bond donors (Lipinski definition) is 2. The largest absolute Gasteiger partial charge is 0.350 e. The van der Waals surface area contributed by atoms with E-state index in [1.807, 2.05) is 0 Å². The summed E-state index contributed by atoms with van der Waals surface area (Å²) in [6.45, 7) is 0. The Balaban J connectivity index is 2.21. The molecule has 0 saturated heterocycles. The van der Waals surface area contributed by atoms with Gasteiger partial charge in [-0.15, -0.1) is 0 Å². The highest BCUT2D eigenvalue weighted by molar-refractivity contribution is 5.87. The minimum Gasteiger partial charge on any atom is -0.350 e. The molecule has 0 radical (unpaired) electrons. The summed E-state index contributed by atoms with van der Waals surface area (Å²) in [5.74, 6) is 0. The first-order valence-corrected chi connectivity index (χ1v) is 4.06. The van der Waals surface area contributed by atoms with Crippen LogP contribution >= 0.6 is 0 Å². The fourth-order valence-corrected chi connectivity index (χ4v) is 1.05. The maximum absolute atomic E-state index is 10.3. The molecule has 0 bridgehead atoms. The van der Waals surface area contributed by atoms with E-state index in [2.05, 4.69) is 25.5 Å². The molecule has 2 rings (SSSR count). The zero-order chi connectivity index (χ0) is 10.7. The summed E-state index contributed by atoms with van der Waals surface area (Å²) >= 11 is 0. The minimum atomic E-state index is -0.713. The fraction of sp³-hybridized carbons (Fsp3) is 0. The van der Waals surface area contributed by atoms with Gasteiger partial charge in [0.05, 0.1) is 6.21 Å². The van der Waals surface area contributed by atoms with Crippen LogP contribution in [0.1, 0.15) is 5.56 Å². The number of nitrogens with two attached hydrogens (primary N) is 1. The Kier molecular flexibility index (Phi) is 2.28.